The highest BCUT2D eigenvalue weighted by molar-refractivity contribution is 5.79. The standard InChI is InChI=1S/C13H25N3O2/c1-4-15-9-6-12(5-8-14-3)13(18)16-11(2)7-10-17/h4,10-12,14H,5-9H2,1-3H3,(H,16,18). The molecule has 0 bridgehead atoms. The van der Waals surface area contributed by atoms with Crippen molar-refractivity contribution in [2.24, 2.45) is 10.9 Å². The molecule has 0 heterocycles. The summed E-state index contributed by atoms with van der Waals surface area (Å²) in [6.45, 7) is 5.18. The summed E-state index contributed by atoms with van der Waals surface area (Å²) in [5.41, 5.74) is 0. The van der Waals surface area contributed by atoms with Gasteiger partial charge in [-0.2, -0.15) is 0 Å². The molecule has 0 radical (unpaired) electrons. The van der Waals surface area contributed by atoms with Gasteiger partial charge in [0.1, 0.15) is 6.29 Å². The lowest BCUT2D eigenvalue weighted by Gasteiger charge is -2.18. The first-order valence-electron chi connectivity index (χ1n) is 6.48. The predicted octanol–water partition coefficient (Wildman–Crippen LogP) is 0.787. The van der Waals surface area contributed by atoms with Gasteiger partial charge in [0.2, 0.25) is 5.91 Å². The molecule has 0 aliphatic rings. The molecule has 5 heteroatoms. The fourth-order valence-corrected chi connectivity index (χ4v) is 1.65. The van der Waals surface area contributed by atoms with Crippen LogP contribution < -0.4 is 10.6 Å². The minimum Gasteiger partial charge on any atom is -0.353 e. The minimum atomic E-state index is -0.0956. The first kappa shape index (κ1) is 16.8. The highest BCUT2D eigenvalue weighted by Gasteiger charge is 2.18. The lowest BCUT2D eigenvalue weighted by molar-refractivity contribution is -0.126. The molecule has 0 saturated carbocycles. The van der Waals surface area contributed by atoms with Crippen LogP contribution in [0.5, 0.6) is 0 Å². The maximum atomic E-state index is 12.0. The second kappa shape index (κ2) is 10.9. The average molecular weight is 255 g/mol. The van der Waals surface area contributed by atoms with Gasteiger partial charge in [-0.05, 0) is 46.5 Å². The van der Waals surface area contributed by atoms with Crippen molar-refractivity contribution in [2.45, 2.75) is 39.2 Å². The van der Waals surface area contributed by atoms with Gasteiger partial charge in [-0.3, -0.25) is 9.79 Å². The maximum absolute atomic E-state index is 12.0. The SMILES string of the molecule is CC=NCCC(CCNC)C(=O)NC(C)CC=O. The third kappa shape index (κ3) is 7.95. The lowest BCUT2D eigenvalue weighted by atomic mass is 9.99. The quantitative estimate of drug-likeness (QED) is 0.448. The van der Waals surface area contributed by atoms with Crippen LogP contribution in [-0.4, -0.2) is 44.6 Å². The number of carbonyl (C=O) groups is 2. The Morgan fingerprint density at radius 1 is 1.39 bits per heavy atom. The molecule has 2 atom stereocenters. The number of aliphatic imine (C=N–C) groups is 1. The van der Waals surface area contributed by atoms with Crippen molar-refractivity contribution in [1.82, 2.24) is 10.6 Å². The van der Waals surface area contributed by atoms with E-state index in [4.69, 9.17) is 0 Å². The Morgan fingerprint density at radius 2 is 2.11 bits per heavy atom. The van der Waals surface area contributed by atoms with E-state index in [1.807, 2.05) is 20.9 Å². The fourth-order valence-electron chi connectivity index (χ4n) is 1.65. The van der Waals surface area contributed by atoms with E-state index in [9.17, 15) is 9.59 Å². The molecular formula is C13H25N3O2. The second-order valence-electron chi connectivity index (χ2n) is 4.35. The molecular weight excluding hydrogens is 230 g/mol. The Bertz CT molecular complexity index is 267. The van der Waals surface area contributed by atoms with Crippen LogP contribution in [0.4, 0.5) is 0 Å². The Labute approximate surface area is 109 Å². The first-order valence-corrected chi connectivity index (χ1v) is 6.48. The van der Waals surface area contributed by atoms with E-state index < -0.39 is 0 Å². The van der Waals surface area contributed by atoms with Crippen molar-refractivity contribution >= 4 is 18.4 Å². The van der Waals surface area contributed by atoms with E-state index in [-0.39, 0.29) is 17.9 Å². The van der Waals surface area contributed by atoms with E-state index in [1.54, 1.807) is 6.21 Å². The first-order chi connectivity index (χ1) is 8.65. The van der Waals surface area contributed by atoms with Crippen LogP contribution in [0.25, 0.3) is 0 Å². The Hall–Kier alpha value is -1.23. The normalized spacial score (nSPS) is 14.4. The lowest BCUT2D eigenvalue weighted by Crippen LogP contribution is -2.38. The minimum absolute atomic E-state index is 0.0194. The summed E-state index contributed by atoms with van der Waals surface area (Å²) >= 11 is 0. The summed E-state index contributed by atoms with van der Waals surface area (Å²) in [5.74, 6) is -0.0267. The monoisotopic (exact) mass is 255 g/mol. The zero-order valence-corrected chi connectivity index (χ0v) is 11.6. The fraction of sp³-hybridized carbons (Fsp3) is 0.769. The molecule has 0 aliphatic heterocycles. The molecule has 0 aromatic carbocycles. The molecule has 0 saturated heterocycles. The Kier molecular flexibility index (Phi) is 10.2. The molecule has 2 unspecified atom stereocenters. The van der Waals surface area contributed by atoms with Gasteiger partial charge in [-0.15, -0.1) is 0 Å². The van der Waals surface area contributed by atoms with Crippen LogP contribution in [-0.2, 0) is 9.59 Å². The van der Waals surface area contributed by atoms with Crippen LogP contribution in [0.2, 0.25) is 0 Å². The van der Waals surface area contributed by atoms with Gasteiger partial charge in [0, 0.05) is 24.9 Å². The third-order valence-electron chi connectivity index (χ3n) is 2.74. The van der Waals surface area contributed by atoms with Gasteiger partial charge >= 0.3 is 0 Å². The van der Waals surface area contributed by atoms with E-state index in [1.165, 1.54) is 0 Å². The van der Waals surface area contributed by atoms with E-state index >= 15 is 0 Å². The number of carbonyl (C=O) groups excluding carboxylic acids is 2. The summed E-state index contributed by atoms with van der Waals surface area (Å²) in [6.07, 6.45) is 4.47. The van der Waals surface area contributed by atoms with Crippen LogP contribution in [0.3, 0.4) is 0 Å². The van der Waals surface area contributed by atoms with Crippen LogP contribution in [0, 0.1) is 5.92 Å². The molecule has 0 fully saturated rings. The zero-order chi connectivity index (χ0) is 13.8. The van der Waals surface area contributed by atoms with Crippen molar-refractivity contribution in [1.29, 1.82) is 0 Å². The number of nitrogens with zero attached hydrogens (tertiary/aromatic N) is 1. The molecule has 18 heavy (non-hydrogen) atoms. The Morgan fingerprint density at radius 3 is 2.67 bits per heavy atom. The van der Waals surface area contributed by atoms with Crippen molar-refractivity contribution in [3.05, 3.63) is 0 Å². The highest BCUT2D eigenvalue weighted by Crippen LogP contribution is 2.09. The predicted molar refractivity (Wildman–Crippen MR) is 74.0 cm³/mol. The second-order valence-corrected chi connectivity index (χ2v) is 4.35. The van der Waals surface area contributed by atoms with Crippen LogP contribution in [0.15, 0.2) is 4.99 Å². The molecule has 104 valence electrons. The number of aldehydes is 1. The molecule has 1 amide bonds. The summed E-state index contributed by atoms with van der Waals surface area (Å²) in [6, 6.07) is -0.0956. The number of hydrogen-bond acceptors (Lipinski definition) is 4. The van der Waals surface area contributed by atoms with Crippen LogP contribution in [0.1, 0.15) is 33.1 Å². The molecule has 5 nitrogen and oxygen atoms in total. The number of rotatable bonds is 10. The van der Waals surface area contributed by atoms with E-state index in [2.05, 4.69) is 15.6 Å². The van der Waals surface area contributed by atoms with Gasteiger partial charge in [-0.1, -0.05) is 0 Å². The molecule has 0 aromatic heterocycles. The van der Waals surface area contributed by atoms with Gasteiger partial charge in [0.25, 0.3) is 0 Å². The number of amides is 1. The average Bonchev–Trinajstić information content (AvgIpc) is 2.33. The van der Waals surface area contributed by atoms with Crippen LogP contribution >= 0.6 is 0 Å². The molecule has 0 aliphatic carbocycles. The number of hydrogen-bond donors (Lipinski definition) is 2. The van der Waals surface area contributed by atoms with E-state index in [0.29, 0.717) is 13.0 Å². The third-order valence-corrected chi connectivity index (χ3v) is 2.74. The molecule has 0 spiro atoms. The summed E-state index contributed by atoms with van der Waals surface area (Å²) in [7, 11) is 1.87. The van der Waals surface area contributed by atoms with Gasteiger partial charge in [-0.25, -0.2) is 0 Å². The van der Waals surface area contributed by atoms with Gasteiger partial charge in [0.15, 0.2) is 0 Å². The van der Waals surface area contributed by atoms with Crippen molar-refractivity contribution in [3.63, 3.8) is 0 Å². The van der Waals surface area contributed by atoms with Gasteiger partial charge in [0.05, 0.1) is 0 Å². The highest BCUT2D eigenvalue weighted by atomic mass is 16.2. The molecule has 0 aromatic rings. The smallest absolute Gasteiger partial charge is 0.223 e. The number of nitrogens with one attached hydrogen (secondary N) is 2. The largest absolute Gasteiger partial charge is 0.353 e. The zero-order valence-electron chi connectivity index (χ0n) is 11.6. The summed E-state index contributed by atoms with van der Waals surface area (Å²) in [5, 5.41) is 5.91. The van der Waals surface area contributed by atoms with Crippen molar-refractivity contribution < 1.29 is 9.59 Å². The summed E-state index contributed by atoms with van der Waals surface area (Å²) < 4.78 is 0. The van der Waals surface area contributed by atoms with Crippen molar-refractivity contribution in [3.8, 4) is 0 Å². The topological polar surface area (TPSA) is 70.6 Å². The molecule has 0 rings (SSSR count). The van der Waals surface area contributed by atoms with Gasteiger partial charge < -0.3 is 15.4 Å². The maximum Gasteiger partial charge on any atom is 0.223 e. The van der Waals surface area contributed by atoms with Crippen molar-refractivity contribution in [2.75, 3.05) is 20.1 Å². The molecule has 2 N–H and O–H groups in total. The Balaban J connectivity index is 4.23. The summed E-state index contributed by atoms with van der Waals surface area (Å²) in [4.78, 5) is 26.5. The van der Waals surface area contributed by atoms with E-state index in [0.717, 1.165) is 25.7 Å².